The van der Waals surface area contributed by atoms with E-state index in [1.165, 1.54) is 18.4 Å². The Morgan fingerprint density at radius 2 is 1.83 bits per heavy atom. The van der Waals surface area contributed by atoms with Crippen molar-refractivity contribution in [2.24, 2.45) is 0 Å². The third-order valence-electron chi connectivity index (χ3n) is 4.80. The normalized spacial score (nSPS) is 13.0. The van der Waals surface area contributed by atoms with Gasteiger partial charge in [0.2, 0.25) is 5.91 Å². The topological polar surface area (TPSA) is 82.1 Å². The van der Waals surface area contributed by atoms with Gasteiger partial charge in [-0.3, -0.25) is 4.79 Å². The molecule has 3 rings (SSSR count). The Balaban J connectivity index is 1.49. The van der Waals surface area contributed by atoms with E-state index < -0.39 is 9.84 Å². The van der Waals surface area contributed by atoms with Gasteiger partial charge >= 0.3 is 0 Å². The van der Waals surface area contributed by atoms with Gasteiger partial charge in [-0.1, -0.05) is 12.1 Å². The van der Waals surface area contributed by atoms with Gasteiger partial charge in [0, 0.05) is 31.3 Å². The van der Waals surface area contributed by atoms with Crippen molar-refractivity contribution in [2.45, 2.75) is 31.2 Å². The minimum absolute atomic E-state index is 0.0443. The predicted molar refractivity (Wildman–Crippen MR) is 113 cm³/mol. The van der Waals surface area contributed by atoms with E-state index in [-0.39, 0.29) is 10.8 Å². The van der Waals surface area contributed by atoms with Crippen LogP contribution in [0.1, 0.15) is 25.3 Å². The third kappa shape index (κ3) is 5.66. The van der Waals surface area contributed by atoms with Crippen LogP contribution in [0.25, 0.3) is 0 Å². The molecular weight excluding hydrogens is 406 g/mol. The van der Waals surface area contributed by atoms with Crippen molar-refractivity contribution in [3.63, 3.8) is 0 Å². The molecule has 7 nitrogen and oxygen atoms in total. The van der Waals surface area contributed by atoms with Crippen molar-refractivity contribution in [3.05, 3.63) is 48.0 Å². The number of fused-ring (bicyclic) bond motifs is 1. The molecule has 0 bridgehead atoms. The van der Waals surface area contributed by atoms with Gasteiger partial charge in [0.15, 0.2) is 21.3 Å². The molecule has 0 fully saturated rings. The second-order valence-corrected chi connectivity index (χ2v) is 9.06. The SMILES string of the molecule is CCN(Cc1cccc2c1OCCO2)C(=O)CCCOc1ccc(S(C)(=O)=O)cc1. The van der Waals surface area contributed by atoms with E-state index in [4.69, 9.17) is 14.2 Å². The van der Waals surface area contributed by atoms with Crippen molar-refractivity contribution in [1.82, 2.24) is 4.90 Å². The highest BCUT2D eigenvalue weighted by molar-refractivity contribution is 7.90. The molecule has 0 saturated carbocycles. The molecule has 0 radical (unpaired) electrons. The van der Waals surface area contributed by atoms with Crippen molar-refractivity contribution in [1.29, 1.82) is 0 Å². The quantitative estimate of drug-likeness (QED) is 0.566. The Morgan fingerprint density at radius 3 is 2.53 bits per heavy atom. The Kier molecular flexibility index (Phi) is 7.20. The zero-order chi connectivity index (χ0) is 21.6. The molecule has 0 spiro atoms. The molecular formula is C22H27NO6S. The number of carbonyl (C=O) groups excluding carboxylic acids is 1. The number of hydrogen-bond acceptors (Lipinski definition) is 6. The molecule has 1 amide bonds. The Labute approximate surface area is 177 Å². The predicted octanol–water partition coefficient (Wildman–Crippen LogP) is 3.07. The van der Waals surface area contributed by atoms with Gasteiger partial charge in [-0.2, -0.15) is 0 Å². The lowest BCUT2D eigenvalue weighted by Gasteiger charge is -2.25. The van der Waals surface area contributed by atoms with Crippen LogP contribution in [0.2, 0.25) is 0 Å². The fourth-order valence-electron chi connectivity index (χ4n) is 3.20. The average Bonchev–Trinajstić information content (AvgIpc) is 2.74. The fourth-order valence-corrected chi connectivity index (χ4v) is 3.83. The highest BCUT2D eigenvalue weighted by Gasteiger charge is 2.19. The van der Waals surface area contributed by atoms with Crippen LogP contribution in [0.5, 0.6) is 17.2 Å². The standard InChI is InChI=1S/C22H27NO6S/c1-3-23(16-17-6-4-7-20-22(17)29-15-14-28-20)21(24)8-5-13-27-18-9-11-19(12-10-18)30(2,25)26/h4,6-7,9-12H,3,5,8,13-16H2,1-2H3. The van der Waals surface area contributed by atoms with E-state index >= 15 is 0 Å². The first kappa shape index (κ1) is 22.0. The van der Waals surface area contributed by atoms with Crippen LogP contribution >= 0.6 is 0 Å². The minimum Gasteiger partial charge on any atom is -0.494 e. The number of amides is 1. The van der Waals surface area contributed by atoms with Crippen LogP contribution in [-0.4, -0.2) is 51.8 Å². The summed E-state index contributed by atoms with van der Waals surface area (Å²) in [6.07, 6.45) is 2.09. The molecule has 8 heteroatoms. The number of benzene rings is 2. The molecule has 30 heavy (non-hydrogen) atoms. The Hall–Kier alpha value is -2.74. The van der Waals surface area contributed by atoms with Crippen molar-refractivity contribution in [2.75, 3.05) is 32.6 Å². The molecule has 2 aromatic rings. The summed E-state index contributed by atoms with van der Waals surface area (Å²) >= 11 is 0. The summed E-state index contributed by atoms with van der Waals surface area (Å²) in [5.41, 5.74) is 0.935. The van der Waals surface area contributed by atoms with E-state index in [0.717, 1.165) is 17.1 Å². The zero-order valence-electron chi connectivity index (χ0n) is 17.3. The third-order valence-corrected chi connectivity index (χ3v) is 5.93. The van der Waals surface area contributed by atoms with Gasteiger partial charge in [-0.25, -0.2) is 8.42 Å². The van der Waals surface area contributed by atoms with Gasteiger partial charge in [-0.15, -0.1) is 0 Å². The molecule has 1 aliphatic rings. The number of carbonyl (C=O) groups is 1. The van der Waals surface area contributed by atoms with Gasteiger partial charge in [0.05, 0.1) is 11.5 Å². The second-order valence-electron chi connectivity index (χ2n) is 7.04. The first-order valence-corrected chi connectivity index (χ1v) is 11.9. The lowest BCUT2D eigenvalue weighted by molar-refractivity contribution is -0.131. The van der Waals surface area contributed by atoms with E-state index in [1.54, 1.807) is 17.0 Å². The number of para-hydroxylation sites is 1. The van der Waals surface area contributed by atoms with E-state index in [9.17, 15) is 13.2 Å². The van der Waals surface area contributed by atoms with Crippen LogP contribution < -0.4 is 14.2 Å². The number of sulfone groups is 1. The summed E-state index contributed by atoms with van der Waals surface area (Å²) in [7, 11) is -3.22. The number of rotatable bonds is 9. The number of nitrogens with zero attached hydrogens (tertiary/aromatic N) is 1. The van der Waals surface area contributed by atoms with Crippen LogP contribution in [-0.2, 0) is 21.2 Å². The second kappa shape index (κ2) is 9.84. The molecule has 0 saturated heterocycles. The maximum absolute atomic E-state index is 12.6. The summed E-state index contributed by atoms with van der Waals surface area (Å²) < 4.78 is 39.9. The Bertz CT molecular complexity index is 972. The van der Waals surface area contributed by atoms with Gasteiger partial charge in [-0.05, 0) is 43.7 Å². The number of ether oxygens (including phenoxy) is 3. The average molecular weight is 434 g/mol. The van der Waals surface area contributed by atoms with Crippen molar-refractivity contribution in [3.8, 4) is 17.2 Å². The molecule has 0 aliphatic carbocycles. The van der Waals surface area contributed by atoms with E-state index in [2.05, 4.69) is 0 Å². The molecule has 0 atom stereocenters. The van der Waals surface area contributed by atoms with Crippen molar-refractivity contribution < 1.29 is 27.4 Å². The lowest BCUT2D eigenvalue weighted by atomic mass is 10.1. The summed E-state index contributed by atoms with van der Waals surface area (Å²) in [5, 5.41) is 0. The van der Waals surface area contributed by atoms with Crippen molar-refractivity contribution >= 4 is 15.7 Å². The van der Waals surface area contributed by atoms with Crippen LogP contribution in [0.4, 0.5) is 0 Å². The number of hydrogen-bond donors (Lipinski definition) is 0. The van der Waals surface area contributed by atoms with Gasteiger partial charge < -0.3 is 19.1 Å². The lowest BCUT2D eigenvalue weighted by Crippen LogP contribution is -2.31. The molecule has 1 heterocycles. The molecule has 1 aliphatic heterocycles. The summed E-state index contributed by atoms with van der Waals surface area (Å²) in [4.78, 5) is 14.7. The van der Waals surface area contributed by atoms with E-state index in [0.29, 0.717) is 51.5 Å². The molecule has 0 aromatic heterocycles. The fraction of sp³-hybridized carbons (Fsp3) is 0.409. The van der Waals surface area contributed by atoms with Crippen LogP contribution in [0.3, 0.4) is 0 Å². The molecule has 0 N–H and O–H groups in total. The Morgan fingerprint density at radius 1 is 1.10 bits per heavy atom. The van der Waals surface area contributed by atoms with Gasteiger partial charge in [0.1, 0.15) is 19.0 Å². The first-order chi connectivity index (χ1) is 14.4. The summed E-state index contributed by atoms with van der Waals surface area (Å²) in [6.45, 7) is 4.42. The molecule has 0 unspecified atom stereocenters. The van der Waals surface area contributed by atoms with Crippen LogP contribution in [0, 0.1) is 0 Å². The van der Waals surface area contributed by atoms with E-state index in [1.807, 2.05) is 25.1 Å². The smallest absolute Gasteiger partial charge is 0.222 e. The summed E-state index contributed by atoms with van der Waals surface area (Å²) in [5.74, 6) is 2.06. The van der Waals surface area contributed by atoms with Gasteiger partial charge in [0.25, 0.3) is 0 Å². The monoisotopic (exact) mass is 433 g/mol. The maximum atomic E-state index is 12.6. The zero-order valence-corrected chi connectivity index (χ0v) is 18.1. The highest BCUT2D eigenvalue weighted by Crippen LogP contribution is 2.34. The maximum Gasteiger partial charge on any atom is 0.222 e. The molecule has 162 valence electrons. The largest absolute Gasteiger partial charge is 0.494 e. The highest BCUT2D eigenvalue weighted by atomic mass is 32.2. The minimum atomic E-state index is -3.22. The first-order valence-electron chi connectivity index (χ1n) is 9.96. The van der Waals surface area contributed by atoms with Crippen LogP contribution in [0.15, 0.2) is 47.4 Å². The molecule has 2 aromatic carbocycles. The summed E-state index contributed by atoms with van der Waals surface area (Å²) in [6, 6.07) is 12.0.